The summed E-state index contributed by atoms with van der Waals surface area (Å²) in [5, 5.41) is 13.8. The Bertz CT molecular complexity index is 296. The van der Waals surface area contributed by atoms with Crippen molar-refractivity contribution in [2.75, 3.05) is 6.54 Å². The molecule has 2 heterocycles. The molecule has 5 heteroatoms. The average molecular weight is 182 g/mol. The smallest absolute Gasteiger partial charge is 0.156 e. The van der Waals surface area contributed by atoms with Crippen molar-refractivity contribution in [3.63, 3.8) is 0 Å². The first-order valence-electron chi connectivity index (χ1n) is 4.63. The van der Waals surface area contributed by atoms with Gasteiger partial charge in [-0.05, 0) is 19.4 Å². The maximum Gasteiger partial charge on any atom is 0.156 e. The molecule has 0 aliphatic carbocycles. The quantitative estimate of drug-likeness (QED) is 0.653. The molecule has 1 aromatic rings. The standard InChI is InChI=1S/C8H14N4O/c9-4-3-7-10-8-6(13)2-1-5-12(8)11-7/h6,13H,1-5,9H2. The number of aryl methyl sites for hydroxylation is 1. The minimum absolute atomic E-state index is 0.437. The highest BCUT2D eigenvalue weighted by Crippen LogP contribution is 2.22. The monoisotopic (exact) mass is 182 g/mol. The van der Waals surface area contributed by atoms with Gasteiger partial charge in [-0.15, -0.1) is 0 Å². The Morgan fingerprint density at radius 2 is 2.46 bits per heavy atom. The number of nitrogens with zero attached hydrogens (tertiary/aromatic N) is 3. The molecule has 3 N–H and O–H groups in total. The van der Waals surface area contributed by atoms with Gasteiger partial charge in [0.05, 0.1) is 0 Å². The number of aliphatic hydroxyl groups is 1. The molecular weight excluding hydrogens is 168 g/mol. The molecule has 1 unspecified atom stereocenters. The van der Waals surface area contributed by atoms with E-state index in [0.717, 1.165) is 25.2 Å². The molecule has 0 saturated carbocycles. The summed E-state index contributed by atoms with van der Waals surface area (Å²) in [6.07, 6.45) is 2.01. The molecule has 5 nitrogen and oxygen atoms in total. The molecule has 72 valence electrons. The van der Waals surface area contributed by atoms with Crippen LogP contribution in [0.15, 0.2) is 0 Å². The van der Waals surface area contributed by atoms with Crippen LogP contribution in [-0.2, 0) is 13.0 Å². The summed E-state index contributed by atoms with van der Waals surface area (Å²) < 4.78 is 1.79. The highest BCUT2D eigenvalue weighted by atomic mass is 16.3. The van der Waals surface area contributed by atoms with E-state index in [1.54, 1.807) is 4.68 Å². The summed E-state index contributed by atoms with van der Waals surface area (Å²) in [6.45, 7) is 1.42. The lowest BCUT2D eigenvalue weighted by atomic mass is 10.1. The van der Waals surface area contributed by atoms with E-state index in [-0.39, 0.29) is 0 Å². The number of rotatable bonds is 2. The van der Waals surface area contributed by atoms with E-state index in [1.165, 1.54) is 0 Å². The van der Waals surface area contributed by atoms with Gasteiger partial charge in [-0.1, -0.05) is 0 Å². The van der Waals surface area contributed by atoms with Crippen LogP contribution in [0.4, 0.5) is 0 Å². The second-order valence-corrected chi connectivity index (χ2v) is 3.31. The Kier molecular flexibility index (Phi) is 2.28. The number of nitrogens with two attached hydrogens (primary N) is 1. The average Bonchev–Trinajstić information content (AvgIpc) is 2.49. The van der Waals surface area contributed by atoms with E-state index in [9.17, 15) is 5.11 Å². The maximum absolute atomic E-state index is 9.59. The van der Waals surface area contributed by atoms with Crippen LogP contribution in [-0.4, -0.2) is 26.4 Å². The van der Waals surface area contributed by atoms with Gasteiger partial charge in [0.2, 0.25) is 0 Å². The highest BCUT2D eigenvalue weighted by molar-refractivity contribution is 4.99. The lowest BCUT2D eigenvalue weighted by molar-refractivity contribution is 0.130. The van der Waals surface area contributed by atoms with Crippen molar-refractivity contribution in [3.05, 3.63) is 11.6 Å². The van der Waals surface area contributed by atoms with Gasteiger partial charge < -0.3 is 10.8 Å². The number of hydrogen-bond acceptors (Lipinski definition) is 4. The first-order valence-corrected chi connectivity index (χ1v) is 4.63. The van der Waals surface area contributed by atoms with Gasteiger partial charge in [0.25, 0.3) is 0 Å². The molecule has 1 aromatic heterocycles. The van der Waals surface area contributed by atoms with Gasteiger partial charge >= 0.3 is 0 Å². The van der Waals surface area contributed by atoms with E-state index in [1.807, 2.05) is 0 Å². The normalized spacial score (nSPS) is 21.5. The van der Waals surface area contributed by atoms with E-state index in [0.29, 0.717) is 18.8 Å². The molecule has 13 heavy (non-hydrogen) atoms. The van der Waals surface area contributed by atoms with Crippen LogP contribution in [0, 0.1) is 0 Å². The van der Waals surface area contributed by atoms with Crippen molar-refractivity contribution < 1.29 is 5.11 Å². The molecule has 0 saturated heterocycles. The number of aromatic nitrogens is 3. The fourth-order valence-corrected chi connectivity index (χ4v) is 1.61. The van der Waals surface area contributed by atoms with Crippen LogP contribution in [0.2, 0.25) is 0 Å². The van der Waals surface area contributed by atoms with Crippen molar-refractivity contribution in [2.24, 2.45) is 5.73 Å². The summed E-state index contributed by atoms with van der Waals surface area (Å²) in [5.74, 6) is 1.45. The molecule has 0 bridgehead atoms. The van der Waals surface area contributed by atoms with Crippen molar-refractivity contribution in [2.45, 2.75) is 31.9 Å². The van der Waals surface area contributed by atoms with Crippen molar-refractivity contribution in [1.29, 1.82) is 0 Å². The minimum Gasteiger partial charge on any atom is -0.385 e. The van der Waals surface area contributed by atoms with E-state index in [4.69, 9.17) is 5.73 Å². The van der Waals surface area contributed by atoms with Crippen molar-refractivity contribution in [3.8, 4) is 0 Å². The number of aliphatic hydroxyl groups excluding tert-OH is 1. The van der Waals surface area contributed by atoms with Gasteiger partial charge in [0, 0.05) is 13.0 Å². The van der Waals surface area contributed by atoms with Crippen LogP contribution >= 0.6 is 0 Å². The molecule has 1 atom stereocenters. The van der Waals surface area contributed by atoms with Crippen LogP contribution in [0.3, 0.4) is 0 Å². The highest BCUT2D eigenvalue weighted by Gasteiger charge is 2.21. The third-order valence-electron chi connectivity index (χ3n) is 2.26. The summed E-state index contributed by atoms with van der Waals surface area (Å²) in [6, 6.07) is 0. The minimum atomic E-state index is -0.437. The summed E-state index contributed by atoms with van der Waals surface area (Å²) in [4.78, 5) is 4.24. The van der Waals surface area contributed by atoms with Crippen LogP contribution in [0.25, 0.3) is 0 Å². The molecule has 2 rings (SSSR count). The SMILES string of the molecule is NCCc1nc2n(n1)CCCC2O. The third-order valence-corrected chi connectivity index (χ3v) is 2.26. The number of fused-ring (bicyclic) bond motifs is 1. The third kappa shape index (κ3) is 1.57. The zero-order valence-corrected chi connectivity index (χ0v) is 7.48. The topological polar surface area (TPSA) is 77.0 Å². The Balaban J connectivity index is 2.25. The van der Waals surface area contributed by atoms with E-state index in [2.05, 4.69) is 10.1 Å². The molecule has 1 aliphatic rings. The Hall–Kier alpha value is -0.940. The fourth-order valence-electron chi connectivity index (χ4n) is 1.61. The summed E-state index contributed by atoms with van der Waals surface area (Å²) in [7, 11) is 0. The van der Waals surface area contributed by atoms with Gasteiger partial charge in [-0.3, -0.25) is 0 Å². The molecule has 0 fully saturated rings. The molecule has 0 amide bonds. The van der Waals surface area contributed by atoms with Crippen LogP contribution in [0.1, 0.15) is 30.6 Å². The van der Waals surface area contributed by atoms with Gasteiger partial charge in [0.1, 0.15) is 6.10 Å². The van der Waals surface area contributed by atoms with Crippen molar-refractivity contribution >= 4 is 0 Å². The lowest BCUT2D eigenvalue weighted by Crippen LogP contribution is -2.16. The van der Waals surface area contributed by atoms with E-state index >= 15 is 0 Å². The first-order chi connectivity index (χ1) is 6.31. The Labute approximate surface area is 76.6 Å². The molecule has 0 radical (unpaired) electrons. The molecule has 0 aromatic carbocycles. The first kappa shape index (κ1) is 8.65. The van der Waals surface area contributed by atoms with Crippen LogP contribution in [0.5, 0.6) is 0 Å². The molecular formula is C8H14N4O. The zero-order chi connectivity index (χ0) is 9.26. The van der Waals surface area contributed by atoms with E-state index < -0.39 is 6.10 Å². The molecule has 1 aliphatic heterocycles. The second-order valence-electron chi connectivity index (χ2n) is 3.31. The fraction of sp³-hybridized carbons (Fsp3) is 0.750. The predicted octanol–water partition coefficient (Wildman–Crippen LogP) is -0.394. The zero-order valence-electron chi connectivity index (χ0n) is 7.48. The predicted molar refractivity (Wildman–Crippen MR) is 47.0 cm³/mol. The number of hydrogen-bond donors (Lipinski definition) is 2. The largest absolute Gasteiger partial charge is 0.385 e. The maximum atomic E-state index is 9.59. The lowest BCUT2D eigenvalue weighted by Gasteiger charge is -2.16. The molecule has 0 spiro atoms. The van der Waals surface area contributed by atoms with Gasteiger partial charge in [0.15, 0.2) is 11.6 Å². The van der Waals surface area contributed by atoms with Crippen LogP contribution < -0.4 is 5.73 Å². The summed E-state index contributed by atoms with van der Waals surface area (Å²) >= 11 is 0. The van der Waals surface area contributed by atoms with Gasteiger partial charge in [-0.2, -0.15) is 5.10 Å². The summed E-state index contributed by atoms with van der Waals surface area (Å²) in [5.41, 5.74) is 5.40. The Morgan fingerprint density at radius 1 is 1.62 bits per heavy atom. The van der Waals surface area contributed by atoms with Gasteiger partial charge in [-0.25, -0.2) is 9.67 Å². The second kappa shape index (κ2) is 3.43. The van der Waals surface area contributed by atoms with Crippen molar-refractivity contribution in [1.82, 2.24) is 14.8 Å². The Morgan fingerprint density at radius 3 is 3.15 bits per heavy atom.